The SMILES string of the molecule is COc1ccc(OC)c(-c2csc(NC(=O)C(N)C(C)C)n2)c1.Cl. The molecule has 1 aromatic heterocycles. The van der Waals surface area contributed by atoms with Crippen molar-refractivity contribution < 1.29 is 14.3 Å². The van der Waals surface area contributed by atoms with Gasteiger partial charge in [0.1, 0.15) is 11.5 Å². The summed E-state index contributed by atoms with van der Waals surface area (Å²) in [5, 5.41) is 5.11. The minimum Gasteiger partial charge on any atom is -0.497 e. The molecule has 2 rings (SSSR count). The van der Waals surface area contributed by atoms with Crippen LogP contribution in [0.4, 0.5) is 5.13 Å². The molecule has 1 atom stereocenters. The molecule has 1 aromatic carbocycles. The first-order valence-electron chi connectivity index (χ1n) is 7.20. The smallest absolute Gasteiger partial charge is 0.243 e. The van der Waals surface area contributed by atoms with Crippen LogP contribution in [-0.4, -0.2) is 31.2 Å². The molecule has 1 heterocycles. The number of thiazole rings is 1. The van der Waals surface area contributed by atoms with Gasteiger partial charge in [0.25, 0.3) is 0 Å². The Morgan fingerprint density at radius 1 is 1.29 bits per heavy atom. The zero-order valence-electron chi connectivity index (χ0n) is 14.0. The fourth-order valence-corrected chi connectivity index (χ4v) is 2.67. The van der Waals surface area contributed by atoms with E-state index in [1.807, 2.05) is 37.4 Å². The summed E-state index contributed by atoms with van der Waals surface area (Å²) >= 11 is 1.34. The van der Waals surface area contributed by atoms with Crippen LogP contribution < -0.4 is 20.5 Å². The fourth-order valence-electron chi connectivity index (χ4n) is 1.96. The summed E-state index contributed by atoms with van der Waals surface area (Å²) in [6.07, 6.45) is 0. The van der Waals surface area contributed by atoms with Gasteiger partial charge in [-0.2, -0.15) is 0 Å². The Balaban J connectivity index is 0.00000288. The molecule has 0 aliphatic rings. The van der Waals surface area contributed by atoms with Crippen LogP contribution in [0.15, 0.2) is 23.6 Å². The third kappa shape index (κ3) is 4.59. The van der Waals surface area contributed by atoms with Crippen molar-refractivity contribution in [1.29, 1.82) is 0 Å². The number of benzene rings is 1. The number of carbonyl (C=O) groups excluding carboxylic acids is 1. The van der Waals surface area contributed by atoms with E-state index in [0.717, 1.165) is 5.56 Å². The molecule has 6 nitrogen and oxygen atoms in total. The van der Waals surface area contributed by atoms with Crippen molar-refractivity contribution in [3.8, 4) is 22.8 Å². The van der Waals surface area contributed by atoms with Crippen LogP contribution in [0.2, 0.25) is 0 Å². The number of hydrogen-bond donors (Lipinski definition) is 2. The number of aromatic nitrogens is 1. The van der Waals surface area contributed by atoms with Crippen LogP contribution in [0.3, 0.4) is 0 Å². The van der Waals surface area contributed by atoms with Gasteiger partial charge in [-0.3, -0.25) is 4.79 Å². The summed E-state index contributed by atoms with van der Waals surface area (Å²) in [6.45, 7) is 3.80. The molecule has 1 unspecified atom stereocenters. The minimum absolute atomic E-state index is 0. The molecule has 0 radical (unpaired) electrons. The molecule has 24 heavy (non-hydrogen) atoms. The van der Waals surface area contributed by atoms with Crippen molar-refractivity contribution in [2.45, 2.75) is 19.9 Å². The highest BCUT2D eigenvalue weighted by Crippen LogP contribution is 2.35. The standard InChI is InChI=1S/C16H21N3O3S.ClH/c1-9(2)14(17)15(20)19-16-18-12(8-23-16)11-7-10(21-3)5-6-13(11)22-4;/h5-9,14H,17H2,1-4H3,(H,18,19,20);1H. The predicted octanol–water partition coefficient (Wildman–Crippen LogP) is 3.17. The Kier molecular flexibility index (Phi) is 7.47. The van der Waals surface area contributed by atoms with Crippen LogP contribution >= 0.6 is 23.7 Å². The van der Waals surface area contributed by atoms with Gasteiger partial charge in [0.05, 0.1) is 26.0 Å². The highest BCUT2D eigenvalue weighted by atomic mass is 35.5. The van der Waals surface area contributed by atoms with Gasteiger partial charge >= 0.3 is 0 Å². The van der Waals surface area contributed by atoms with E-state index < -0.39 is 6.04 Å². The Bertz CT molecular complexity index is 691. The lowest BCUT2D eigenvalue weighted by Gasteiger charge is -2.13. The van der Waals surface area contributed by atoms with Crippen molar-refractivity contribution in [1.82, 2.24) is 4.98 Å². The summed E-state index contributed by atoms with van der Waals surface area (Å²) in [7, 11) is 3.20. The van der Waals surface area contributed by atoms with Crippen molar-refractivity contribution in [3.05, 3.63) is 23.6 Å². The summed E-state index contributed by atoms with van der Waals surface area (Å²) in [5.74, 6) is 1.22. The lowest BCUT2D eigenvalue weighted by atomic mass is 10.1. The number of amides is 1. The van der Waals surface area contributed by atoms with Crippen molar-refractivity contribution in [2.24, 2.45) is 11.7 Å². The van der Waals surface area contributed by atoms with Gasteiger partial charge in [-0.1, -0.05) is 13.8 Å². The summed E-state index contributed by atoms with van der Waals surface area (Å²) in [4.78, 5) is 16.5. The van der Waals surface area contributed by atoms with Gasteiger partial charge in [0.2, 0.25) is 5.91 Å². The number of methoxy groups -OCH3 is 2. The van der Waals surface area contributed by atoms with E-state index in [-0.39, 0.29) is 24.2 Å². The molecule has 0 aliphatic heterocycles. The molecule has 0 saturated carbocycles. The number of anilines is 1. The van der Waals surface area contributed by atoms with E-state index in [2.05, 4.69) is 10.3 Å². The van der Waals surface area contributed by atoms with Crippen molar-refractivity contribution in [3.63, 3.8) is 0 Å². The second-order valence-corrected chi connectivity index (χ2v) is 6.22. The minimum atomic E-state index is -0.561. The Labute approximate surface area is 151 Å². The largest absolute Gasteiger partial charge is 0.497 e. The Morgan fingerprint density at radius 3 is 2.58 bits per heavy atom. The number of hydrogen-bond acceptors (Lipinski definition) is 6. The molecule has 0 bridgehead atoms. The monoisotopic (exact) mass is 371 g/mol. The maximum absolute atomic E-state index is 12.0. The van der Waals surface area contributed by atoms with Gasteiger partial charge in [-0.15, -0.1) is 23.7 Å². The van der Waals surface area contributed by atoms with Gasteiger partial charge in [0.15, 0.2) is 5.13 Å². The lowest BCUT2D eigenvalue weighted by molar-refractivity contribution is -0.118. The maximum Gasteiger partial charge on any atom is 0.243 e. The van der Waals surface area contributed by atoms with Crippen LogP contribution in [0.25, 0.3) is 11.3 Å². The highest BCUT2D eigenvalue weighted by Gasteiger charge is 2.19. The second-order valence-electron chi connectivity index (χ2n) is 5.36. The van der Waals surface area contributed by atoms with Crippen LogP contribution in [-0.2, 0) is 4.79 Å². The molecule has 132 valence electrons. The molecular formula is C16H22ClN3O3S. The number of nitrogens with two attached hydrogens (primary N) is 1. The predicted molar refractivity (Wildman–Crippen MR) is 99.3 cm³/mol. The molecule has 3 N–H and O–H groups in total. The Hall–Kier alpha value is -1.83. The average Bonchev–Trinajstić information content (AvgIpc) is 3.01. The van der Waals surface area contributed by atoms with Gasteiger partial charge in [0, 0.05) is 10.9 Å². The molecule has 2 aromatic rings. The van der Waals surface area contributed by atoms with Gasteiger partial charge in [-0.25, -0.2) is 4.98 Å². The van der Waals surface area contributed by atoms with E-state index in [4.69, 9.17) is 15.2 Å². The number of halogens is 1. The lowest BCUT2D eigenvalue weighted by Crippen LogP contribution is -2.39. The first kappa shape index (κ1) is 20.2. The van der Waals surface area contributed by atoms with E-state index in [0.29, 0.717) is 22.3 Å². The number of carbonyl (C=O) groups is 1. The third-order valence-electron chi connectivity index (χ3n) is 3.44. The zero-order chi connectivity index (χ0) is 17.0. The molecule has 8 heteroatoms. The van der Waals surface area contributed by atoms with Crippen LogP contribution in [0.1, 0.15) is 13.8 Å². The number of nitrogens with one attached hydrogen (secondary N) is 1. The molecule has 1 amide bonds. The summed E-state index contributed by atoms with van der Waals surface area (Å²) in [5.41, 5.74) is 7.35. The summed E-state index contributed by atoms with van der Waals surface area (Å²) < 4.78 is 10.6. The van der Waals surface area contributed by atoms with E-state index in [9.17, 15) is 4.79 Å². The van der Waals surface area contributed by atoms with Crippen LogP contribution in [0.5, 0.6) is 11.5 Å². The molecule has 0 fully saturated rings. The first-order chi connectivity index (χ1) is 11.0. The highest BCUT2D eigenvalue weighted by molar-refractivity contribution is 7.14. The third-order valence-corrected chi connectivity index (χ3v) is 4.20. The summed E-state index contributed by atoms with van der Waals surface area (Å²) in [6, 6.07) is 4.92. The number of nitrogens with zero attached hydrogens (tertiary/aromatic N) is 1. The topological polar surface area (TPSA) is 86.5 Å². The van der Waals surface area contributed by atoms with Crippen LogP contribution in [0, 0.1) is 5.92 Å². The van der Waals surface area contributed by atoms with Crippen molar-refractivity contribution in [2.75, 3.05) is 19.5 Å². The molecular weight excluding hydrogens is 350 g/mol. The first-order valence-corrected chi connectivity index (χ1v) is 8.08. The van der Waals surface area contributed by atoms with E-state index in [1.54, 1.807) is 14.2 Å². The number of rotatable bonds is 6. The maximum atomic E-state index is 12.0. The number of ether oxygens (including phenoxy) is 2. The zero-order valence-corrected chi connectivity index (χ0v) is 15.7. The van der Waals surface area contributed by atoms with E-state index in [1.165, 1.54) is 11.3 Å². The normalized spacial score (nSPS) is 11.6. The van der Waals surface area contributed by atoms with E-state index >= 15 is 0 Å². The van der Waals surface area contributed by atoms with Gasteiger partial charge in [-0.05, 0) is 24.1 Å². The van der Waals surface area contributed by atoms with Gasteiger partial charge < -0.3 is 20.5 Å². The second kappa shape index (κ2) is 8.86. The van der Waals surface area contributed by atoms with Crippen molar-refractivity contribution >= 4 is 34.8 Å². The Morgan fingerprint density at radius 2 is 2.00 bits per heavy atom. The molecule has 0 aliphatic carbocycles. The quantitative estimate of drug-likeness (QED) is 0.814. The fraction of sp³-hybridized carbons (Fsp3) is 0.375. The molecule has 0 saturated heterocycles. The molecule has 0 spiro atoms. The average molecular weight is 372 g/mol.